The van der Waals surface area contributed by atoms with Crippen molar-refractivity contribution in [1.82, 2.24) is 14.9 Å². The van der Waals surface area contributed by atoms with Gasteiger partial charge in [-0.1, -0.05) is 29.8 Å². The standard InChI is InChI=1S/C26H31Cl2N7O3/c1-7-25(36)31-19-13-20(23(38-6)15-21(19)35(4)11-10-34(2)3)32-26-29-9-8-24(33-26)30-18-14-22(37-5)17(28)12-16(18)27/h7-9,12-15H,1,10-11H2,2-6H3,(H,31,36)(H2,29,30,32,33). The number of ether oxygens (including phenoxy) is 2. The first-order valence-electron chi connectivity index (χ1n) is 11.6. The first kappa shape index (κ1) is 28.8. The second kappa shape index (κ2) is 13.2. The molecule has 0 bridgehead atoms. The zero-order valence-electron chi connectivity index (χ0n) is 21.9. The summed E-state index contributed by atoms with van der Waals surface area (Å²) < 4.78 is 10.9. The van der Waals surface area contributed by atoms with Crippen LogP contribution in [0.1, 0.15) is 0 Å². The number of rotatable bonds is 12. The van der Waals surface area contributed by atoms with E-state index >= 15 is 0 Å². The third kappa shape index (κ3) is 7.41. The first-order valence-corrected chi connectivity index (χ1v) is 12.3. The third-order valence-electron chi connectivity index (χ3n) is 5.46. The van der Waals surface area contributed by atoms with E-state index in [-0.39, 0.29) is 5.91 Å². The highest BCUT2D eigenvalue weighted by molar-refractivity contribution is 6.37. The Morgan fingerprint density at radius 1 is 0.974 bits per heavy atom. The molecule has 0 fully saturated rings. The number of methoxy groups -OCH3 is 2. The Hall–Kier alpha value is -3.73. The summed E-state index contributed by atoms with van der Waals surface area (Å²) in [5, 5.41) is 10.0. The molecule has 1 amide bonds. The minimum absolute atomic E-state index is 0.292. The summed E-state index contributed by atoms with van der Waals surface area (Å²) in [5.41, 5.74) is 2.48. The summed E-state index contributed by atoms with van der Waals surface area (Å²) in [6.07, 6.45) is 2.81. The van der Waals surface area contributed by atoms with Crippen molar-refractivity contribution in [3.05, 3.63) is 59.2 Å². The Morgan fingerprint density at radius 2 is 1.71 bits per heavy atom. The van der Waals surface area contributed by atoms with Crippen molar-refractivity contribution in [1.29, 1.82) is 0 Å². The van der Waals surface area contributed by atoms with Gasteiger partial charge in [-0.05, 0) is 38.4 Å². The maximum atomic E-state index is 12.2. The maximum absolute atomic E-state index is 12.2. The van der Waals surface area contributed by atoms with Gasteiger partial charge in [0, 0.05) is 38.5 Å². The summed E-state index contributed by atoms with van der Waals surface area (Å²) in [6, 6.07) is 8.58. The van der Waals surface area contributed by atoms with Gasteiger partial charge in [0.1, 0.15) is 17.3 Å². The van der Waals surface area contributed by atoms with Gasteiger partial charge in [0.05, 0.1) is 47.0 Å². The van der Waals surface area contributed by atoms with Crippen LogP contribution in [0.2, 0.25) is 10.0 Å². The van der Waals surface area contributed by atoms with E-state index in [1.165, 1.54) is 13.2 Å². The molecule has 0 radical (unpaired) electrons. The highest BCUT2D eigenvalue weighted by Gasteiger charge is 2.17. The third-order valence-corrected chi connectivity index (χ3v) is 6.07. The SMILES string of the molecule is C=CC(=O)Nc1cc(Nc2nccc(Nc3cc(OC)c(Cl)cc3Cl)n2)c(OC)cc1N(C)CCN(C)C. The fourth-order valence-corrected chi connectivity index (χ4v) is 3.94. The van der Waals surface area contributed by atoms with Gasteiger partial charge < -0.3 is 35.2 Å². The number of benzene rings is 2. The fraction of sp³-hybridized carbons (Fsp3) is 0.269. The van der Waals surface area contributed by atoms with Crippen LogP contribution in [-0.2, 0) is 4.79 Å². The van der Waals surface area contributed by atoms with Gasteiger partial charge in [0.15, 0.2) is 0 Å². The van der Waals surface area contributed by atoms with Gasteiger partial charge >= 0.3 is 0 Å². The van der Waals surface area contributed by atoms with Crippen molar-refractivity contribution >= 4 is 63.6 Å². The molecule has 0 aliphatic heterocycles. The molecule has 0 unspecified atom stereocenters. The number of halogens is 2. The van der Waals surface area contributed by atoms with Crippen molar-refractivity contribution in [2.45, 2.75) is 0 Å². The Labute approximate surface area is 232 Å². The van der Waals surface area contributed by atoms with E-state index in [1.807, 2.05) is 32.1 Å². The molecular formula is C26H31Cl2N7O3. The predicted octanol–water partition coefficient (Wildman–Crippen LogP) is 5.41. The van der Waals surface area contributed by atoms with Crippen LogP contribution in [0, 0.1) is 0 Å². The lowest BCUT2D eigenvalue weighted by atomic mass is 10.2. The number of amides is 1. The molecule has 0 saturated heterocycles. The molecule has 3 aromatic rings. The van der Waals surface area contributed by atoms with Gasteiger partial charge in [-0.2, -0.15) is 4.98 Å². The molecule has 0 aliphatic carbocycles. The van der Waals surface area contributed by atoms with E-state index in [4.69, 9.17) is 32.7 Å². The molecule has 0 atom stereocenters. The van der Waals surface area contributed by atoms with Gasteiger partial charge in [-0.25, -0.2) is 4.98 Å². The molecule has 0 spiro atoms. The Kier molecular flexibility index (Phi) is 10.0. The molecule has 10 nitrogen and oxygen atoms in total. The average molecular weight is 560 g/mol. The van der Waals surface area contributed by atoms with Crippen LogP contribution >= 0.6 is 23.2 Å². The molecule has 1 heterocycles. The van der Waals surface area contributed by atoms with E-state index < -0.39 is 0 Å². The number of nitrogens with one attached hydrogen (secondary N) is 3. The van der Waals surface area contributed by atoms with Gasteiger partial charge in [0.2, 0.25) is 11.9 Å². The van der Waals surface area contributed by atoms with E-state index in [0.29, 0.717) is 50.4 Å². The molecular weight excluding hydrogens is 529 g/mol. The molecule has 1 aromatic heterocycles. The molecule has 3 N–H and O–H groups in total. The number of hydrogen-bond acceptors (Lipinski definition) is 9. The van der Waals surface area contributed by atoms with Gasteiger partial charge in [0.25, 0.3) is 0 Å². The van der Waals surface area contributed by atoms with Crippen LogP contribution in [0.15, 0.2) is 49.2 Å². The van der Waals surface area contributed by atoms with E-state index in [0.717, 1.165) is 18.8 Å². The quantitative estimate of drug-likeness (QED) is 0.251. The number of anilines is 6. The molecule has 38 heavy (non-hydrogen) atoms. The number of carbonyl (C=O) groups excluding carboxylic acids is 1. The monoisotopic (exact) mass is 559 g/mol. The second-order valence-electron chi connectivity index (χ2n) is 8.47. The van der Waals surface area contributed by atoms with Crippen molar-refractivity contribution in [3.8, 4) is 11.5 Å². The zero-order chi connectivity index (χ0) is 27.8. The summed E-state index contributed by atoms with van der Waals surface area (Å²) >= 11 is 12.5. The smallest absolute Gasteiger partial charge is 0.247 e. The van der Waals surface area contributed by atoms with Crippen LogP contribution in [0.4, 0.5) is 34.5 Å². The Morgan fingerprint density at radius 3 is 2.37 bits per heavy atom. The molecule has 2 aromatic carbocycles. The number of hydrogen-bond donors (Lipinski definition) is 3. The molecule has 3 rings (SSSR count). The lowest BCUT2D eigenvalue weighted by Crippen LogP contribution is -2.29. The zero-order valence-corrected chi connectivity index (χ0v) is 23.4. The van der Waals surface area contributed by atoms with Crippen molar-refractivity contribution < 1.29 is 14.3 Å². The van der Waals surface area contributed by atoms with E-state index in [9.17, 15) is 4.79 Å². The van der Waals surface area contributed by atoms with Crippen LogP contribution < -0.4 is 30.3 Å². The van der Waals surface area contributed by atoms with Crippen molar-refractivity contribution in [2.24, 2.45) is 0 Å². The van der Waals surface area contributed by atoms with E-state index in [2.05, 4.69) is 37.4 Å². The number of nitrogens with zero attached hydrogens (tertiary/aromatic N) is 4. The Balaban J connectivity index is 1.93. The summed E-state index contributed by atoms with van der Waals surface area (Å²) in [7, 11) is 9.05. The fourth-order valence-electron chi connectivity index (χ4n) is 3.43. The van der Waals surface area contributed by atoms with Crippen LogP contribution in [0.3, 0.4) is 0 Å². The van der Waals surface area contributed by atoms with Gasteiger partial charge in [-0.15, -0.1) is 0 Å². The normalized spacial score (nSPS) is 10.6. The molecule has 202 valence electrons. The lowest BCUT2D eigenvalue weighted by Gasteiger charge is -2.26. The summed E-state index contributed by atoms with van der Waals surface area (Å²) in [5.74, 6) is 1.45. The minimum Gasteiger partial charge on any atom is -0.495 e. The number of likely N-dealkylation sites (N-methyl/N-ethyl adjacent to an activating group) is 2. The largest absolute Gasteiger partial charge is 0.495 e. The topological polar surface area (TPSA) is 104 Å². The van der Waals surface area contributed by atoms with Crippen molar-refractivity contribution in [3.63, 3.8) is 0 Å². The predicted molar refractivity (Wildman–Crippen MR) is 155 cm³/mol. The van der Waals surface area contributed by atoms with Crippen LogP contribution in [-0.4, -0.2) is 69.2 Å². The second-order valence-corrected chi connectivity index (χ2v) is 9.28. The van der Waals surface area contributed by atoms with E-state index in [1.54, 1.807) is 37.6 Å². The molecule has 12 heteroatoms. The van der Waals surface area contributed by atoms with Crippen LogP contribution in [0.5, 0.6) is 11.5 Å². The average Bonchev–Trinajstić information content (AvgIpc) is 2.89. The minimum atomic E-state index is -0.332. The maximum Gasteiger partial charge on any atom is 0.247 e. The summed E-state index contributed by atoms with van der Waals surface area (Å²) in [6.45, 7) is 5.11. The van der Waals surface area contributed by atoms with Crippen LogP contribution in [0.25, 0.3) is 0 Å². The molecule has 0 saturated carbocycles. The highest BCUT2D eigenvalue weighted by atomic mass is 35.5. The highest BCUT2D eigenvalue weighted by Crippen LogP contribution is 2.38. The Bertz CT molecular complexity index is 1300. The number of aromatic nitrogens is 2. The number of carbonyl (C=O) groups is 1. The first-order chi connectivity index (χ1) is 18.1. The lowest BCUT2D eigenvalue weighted by molar-refractivity contribution is -0.111. The summed E-state index contributed by atoms with van der Waals surface area (Å²) in [4.78, 5) is 25.2. The molecule has 0 aliphatic rings. The van der Waals surface area contributed by atoms with Crippen molar-refractivity contribution in [2.75, 3.05) is 69.3 Å². The van der Waals surface area contributed by atoms with Gasteiger partial charge in [-0.3, -0.25) is 4.79 Å².